The molecular formula is C9H10NO2. The summed E-state index contributed by atoms with van der Waals surface area (Å²) >= 11 is 0. The highest BCUT2D eigenvalue weighted by molar-refractivity contribution is 5.39. The van der Waals surface area contributed by atoms with Crippen LogP contribution in [-0.2, 0) is 6.42 Å². The molecule has 3 heteroatoms. The molecule has 0 saturated carbocycles. The smallest absolute Gasteiger partial charge is 0.258 e. The molecule has 0 aliphatic heterocycles. The zero-order chi connectivity index (χ0) is 8.97. The van der Waals surface area contributed by atoms with Crippen molar-refractivity contribution in [2.45, 2.75) is 19.8 Å². The van der Waals surface area contributed by atoms with Gasteiger partial charge in [0.25, 0.3) is 5.69 Å². The van der Waals surface area contributed by atoms with Gasteiger partial charge in [-0.25, -0.2) is 0 Å². The summed E-state index contributed by atoms with van der Waals surface area (Å²) in [6.07, 6.45) is 1.66. The summed E-state index contributed by atoms with van der Waals surface area (Å²) in [7, 11) is 0. The first-order valence-electron chi connectivity index (χ1n) is 3.89. The molecule has 1 radical (unpaired) electrons. The van der Waals surface area contributed by atoms with Gasteiger partial charge in [0.15, 0.2) is 0 Å². The summed E-state index contributed by atoms with van der Waals surface area (Å²) < 4.78 is 0. The van der Waals surface area contributed by atoms with Gasteiger partial charge in [-0.05, 0) is 24.6 Å². The summed E-state index contributed by atoms with van der Waals surface area (Å²) in [5, 5.41) is 10.5. The molecule has 1 aromatic rings. The van der Waals surface area contributed by atoms with Crippen molar-refractivity contribution in [2.24, 2.45) is 0 Å². The normalized spacial score (nSPS) is 9.75. The molecule has 0 aromatic heterocycles. The van der Waals surface area contributed by atoms with Crippen LogP contribution in [0.3, 0.4) is 0 Å². The van der Waals surface area contributed by atoms with Crippen molar-refractivity contribution >= 4 is 5.69 Å². The number of hydrogen-bond donors (Lipinski definition) is 0. The van der Waals surface area contributed by atoms with Crippen LogP contribution in [0.5, 0.6) is 0 Å². The van der Waals surface area contributed by atoms with Crippen LogP contribution in [0.2, 0.25) is 0 Å². The molecule has 0 heterocycles. The Balaban J connectivity index is 3.00. The number of nitrogens with zero attached hydrogens (tertiary/aromatic N) is 1. The summed E-state index contributed by atoms with van der Waals surface area (Å²) in [6.45, 7) is 2.00. The Bertz CT molecular complexity index is 284. The molecule has 63 valence electrons. The van der Waals surface area contributed by atoms with Gasteiger partial charge in [0.05, 0.1) is 4.92 Å². The minimum atomic E-state index is -0.348. The number of benzene rings is 1. The second-order valence-corrected chi connectivity index (χ2v) is 2.56. The SMILES string of the molecule is CCCc1c[c]ccc1[N+](=O)[O-]. The van der Waals surface area contributed by atoms with E-state index in [0.717, 1.165) is 18.4 Å². The lowest BCUT2D eigenvalue weighted by Gasteiger charge is -1.98. The van der Waals surface area contributed by atoms with Crippen molar-refractivity contribution in [2.75, 3.05) is 0 Å². The fourth-order valence-electron chi connectivity index (χ4n) is 1.10. The Labute approximate surface area is 71.2 Å². The van der Waals surface area contributed by atoms with Crippen LogP contribution >= 0.6 is 0 Å². The second kappa shape index (κ2) is 3.85. The summed E-state index contributed by atoms with van der Waals surface area (Å²) in [6, 6.07) is 7.58. The average Bonchev–Trinajstić information content (AvgIpc) is 2.05. The van der Waals surface area contributed by atoms with E-state index in [-0.39, 0.29) is 10.6 Å². The van der Waals surface area contributed by atoms with E-state index in [0.29, 0.717) is 0 Å². The highest BCUT2D eigenvalue weighted by Gasteiger charge is 2.10. The first-order chi connectivity index (χ1) is 5.75. The molecule has 0 spiro atoms. The van der Waals surface area contributed by atoms with E-state index in [4.69, 9.17) is 0 Å². The summed E-state index contributed by atoms with van der Waals surface area (Å²) in [4.78, 5) is 10.1. The van der Waals surface area contributed by atoms with E-state index in [1.807, 2.05) is 6.92 Å². The molecule has 0 fully saturated rings. The lowest BCUT2D eigenvalue weighted by Crippen LogP contribution is -1.94. The van der Waals surface area contributed by atoms with Crippen LogP contribution in [0.1, 0.15) is 18.9 Å². The molecule has 3 nitrogen and oxygen atoms in total. The molecule has 12 heavy (non-hydrogen) atoms. The quantitative estimate of drug-likeness (QED) is 0.508. The third-order valence-electron chi connectivity index (χ3n) is 1.64. The Morgan fingerprint density at radius 2 is 2.42 bits per heavy atom. The fraction of sp³-hybridized carbons (Fsp3) is 0.333. The van der Waals surface area contributed by atoms with E-state index < -0.39 is 0 Å². The minimum Gasteiger partial charge on any atom is -0.258 e. The van der Waals surface area contributed by atoms with Crippen LogP contribution < -0.4 is 0 Å². The maximum Gasteiger partial charge on any atom is 0.272 e. The van der Waals surface area contributed by atoms with Crippen LogP contribution in [0, 0.1) is 16.2 Å². The van der Waals surface area contributed by atoms with E-state index in [9.17, 15) is 10.1 Å². The maximum atomic E-state index is 10.5. The van der Waals surface area contributed by atoms with Gasteiger partial charge in [0.2, 0.25) is 0 Å². The number of hydrogen-bond acceptors (Lipinski definition) is 2. The van der Waals surface area contributed by atoms with Gasteiger partial charge >= 0.3 is 0 Å². The standard InChI is InChI=1S/C9H10NO2/c1-2-5-8-6-3-4-7-9(8)10(11)12/h4,6-7H,2,5H2,1H3. The lowest BCUT2D eigenvalue weighted by atomic mass is 10.1. The third-order valence-corrected chi connectivity index (χ3v) is 1.64. The van der Waals surface area contributed by atoms with Crippen molar-refractivity contribution in [3.05, 3.63) is 39.9 Å². The first kappa shape index (κ1) is 8.71. The molecule has 0 aliphatic carbocycles. The molecule has 0 unspecified atom stereocenters. The Hall–Kier alpha value is -1.38. The Morgan fingerprint density at radius 3 is 3.00 bits per heavy atom. The fourth-order valence-corrected chi connectivity index (χ4v) is 1.10. The van der Waals surface area contributed by atoms with Crippen molar-refractivity contribution in [3.8, 4) is 0 Å². The van der Waals surface area contributed by atoms with Crippen LogP contribution in [0.25, 0.3) is 0 Å². The lowest BCUT2D eigenvalue weighted by molar-refractivity contribution is -0.385. The number of nitro groups is 1. The maximum absolute atomic E-state index is 10.5. The van der Waals surface area contributed by atoms with Crippen LogP contribution in [-0.4, -0.2) is 4.92 Å². The molecule has 1 rings (SSSR count). The first-order valence-corrected chi connectivity index (χ1v) is 3.89. The zero-order valence-corrected chi connectivity index (χ0v) is 6.91. The molecule has 0 amide bonds. The third kappa shape index (κ3) is 1.81. The number of rotatable bonds is 3. The van der Waals surface area contributed by atoms with Gasteiger partial charge in [0.1, 0.15) is 0 Å². The van der Waals surface area contributed by atoms with Gasteiger partial charge in [-0.2, -0.15) is 0 Å². The molecule has 1 aromatic carbocycles. The average molecular weight is 164 g/mol. The van der Waals surface area contributed by atoms with Crippen molar-refractivity contribution < 1.29 is 4.92 Å². The molecule has 0 bridgehead atoms. The number of nitro benzene ring substituents is 1. The zero-order valence-electron chi connectivity index (χ0n) is 6.91. The Morgan fingerprint density at radius 1 is 1.67 bits per heavy atom. The van der Waals surface area contributed by atoms with Crippen LogP contribution in [0.15, 0.2) is 18.2 Å². The topological polar surface area (TPSA) is 43.1 Å². The Kier molecular flexibility index (Phi) is 2.80. The molecular weight excluding hydrogens is 154 g/mol. The highest BCUT2D eigenvalue weighted by Crippen LogP contribution is 2.18. The van der Waals surface area contributed by atoms with E-state index in [1.165, 1.54) is 6.07 Å². The molecule has 0 atom stereocenters. The van der Waals surface area contributed by atoms with Gasteiger partial charge < -0.3 is 0 Å². The number of aryl methyl sites for hydroxylation is 1. The molecule has 0 aliphatic rings. The second-order valence-electron chi connectivity index (χ2n) is 2.56. The predicted octanol–water partition coefficient (Wildman–Crippen LogP) is 2.35. The molecule has 0 N–H and O–H groups in total. The van der Waals surface area contributed by atoms with Crippen molar-refractivity contribution in [3.63, 3.8) is 0 Å². The monoisotopic (exact) mass is 164 g/mol. The van der Waals surface area contributed by atoms with Crippen molar-refractivity contribution in [1.82, 2.24) is 0 Å². The molecule has 0 saturated heterocycles. The van der Waals surface area contributed by atoms with Gasteiger partial charge in [-0.15, -0.1) is 0 Å². The van der Waals surface area contributed by atoms with Gasteiger partial charge in [-0.1, -0.05) is 13.3 Å². The van der Waals surface area contributed by atoms with Crippen LogP contribution in [0.4, 0.5) is 5.69 Å². The van der Waals surface area contributed by atoms with Gasteiger partial charge in [0, 0.05) is 11.6 Å². The van der Waals surface area contributed by atoms with E-state index in [1.54, 1.807) is 12.1 Å². The van der Waals surface area contributed by atoms with Crippen molar-refractivity contribution in [1.29, 1.82) is 0 Å². The summed E-state index contributed by atoms with van der Waals surface area (Å²) in [5.41, 5.74) is 0.973. The largest absolute Gasteiger partial charge is 0.272 e. The van der Waals surface area contributed by atoms with E-state index >= 15 is 0 Å². The van der Waals surface area contributed by atoms with E-state index in [2.05, 4.69) is 6.07 Å². The highest BCUT2D eigenvalue weighted by atomic mass is 16.6. The summed E-state index contributed by atoms with van der Waals surface area (Å²) in [5.74, 6) is 0. The van der Waals surface area contributed by atoms with Gasteiger partial charge in [-0.3, -0.25) is 10.1 Å². The predicted molar refractivity (Wildman–Crippen MR) is 45.9 cm³/mol. The minimum absolute atomic E-state index is 0.204.